The van der Waals surface area contributed by atoms with Crippen molar-refractivity contribution in [2.75, 3.05) is 13.2 Å². The molecule has 0 aliphatic rings. The van der Waals surface area contributed by atoms with E-state index in [9.17, 15) is 0 Å². The predicted octanol–water partition coefficient (Wildman–Crippen LogP) is 3.98. The van der Waals surface area contributed by atoms with Crippen LogP contribution in [-0.4, -0.2) is 13.2 Å². The lowest BCUT2D eigenvalue weighted by Gasteiger charge is -2.15. The molecule has 0 saturated carbocycles. The van der Waals surface area contributed by atoms with E-state index in [1.165, 1.54) is 5.56 Å². The van der Waals surface area contributed by atoms with E-state index >= 15 is 0 Å². The predicted molar refractivity (Wildman–Crippen MR) is 76.5 cm³/mol. The third kappa shape index (κ3) is 5.09. The van der Waals surface area contributed by atoms with Crippen molar-refractivity contribution in [3.05, 3.63) is 28.2 Å². The molecule has 0 bridgehead atoms. The van der Waals surface area contributed by atoms with Gasteiger partial charge in [-0.3, -0.25) is 0 Å². The molecule has 0 fully saturated rings. The number of hydrogen-bond acceptors (Lipinski definition) is 2. The Bertz CT molecular complexity index is 341. The molecule has 3 heteroatoms. The van der Waals surface area contributed by atoms with Crippen LogP contribution in [0.4, 0.5) is 0 Å². The van der Waals surface area contributed by atoms with Crippen molar-refractivity contribution in [3.8, 4) is 5.75 Å². The van der Waals surface area contributed by atoms with Gasteiger partial charge >= 0.3 is 0 Å². The Morgan fingerprint density at radius 2 is 2.12 bits per heavy atom. The zero-order valence-corrected chi connectivity index (χ0v) is 12.5. The Morgan fingerprint density at radius 3 is 2.76 bits per heavy atom. The van der Waals surface area contributed by atoms with Crippen molar-refractivity contribution >= 4 is 15.9 Å². The fourth-order valence-electron chi connectivity index (χ4n) is 1.44. The van der Waals surface area contributed by atoms with Crippen LogP contribution in [0.15, 0.2) is 22.7 Å². The molecule has 1 N–H and O–H groups in total. The van der Waals surface area contributed by atoms with Crippen molar-refractivity contribution in [2.45, 2.75) is 33.7 Å². The number of benzene rings is 1. The van der Waals surface area contributed by atoms with E-state index in [1.807, 2.05) is 12.1 Å². The standard InChI is InChI=1S/C14H22BrNO/c1-4-11(3)10-17-14-7-6-13(15)8-12(14)9-16-5-2/h6-8,11,16H,4-5,9-10H2,1-3H3. The molecule has 1 aromatic carbocycles. The van der Waals surface area contributed by atoms with Gasteiger partial charge in [-0.1, -0.05) is 43.1 Å². The first-order chi connectivity index (χ1) is 8.17. The number of ether oxygens (including phenoxy) is 1. The molecule has 0 saturated heterocycles. The van der Waals surface area contributed by atoms with Crippen molar-refractivity contribution < 1.29 is 4.74 Å². The second kappa shape index (κ2) is 7.72. The summed E-state index contributed by atoms with van der Waals surface area (Å²) in [5, 5.41) is 3.33. The molecule has 0 amide bonds. The van der Waals surface area contributed by atoms with Crippen LogP contribution in [0.2, 0.25) is 0 Å². The lowest BCUT2D eigenvalue weighted by Crippen LogP contribution is -2.14. The minimum Gasteiger partial charge on any atom is -0.493 e. The van der Waals surface area contributed by atoms with Gasteiger partial charge in [-0.25, -0.2) is 0 Å². The molecular weight excluding hydrogens is 278 g/mol. The summed E-state index contributed by atoms with van der Waals surface area (Å²) in [5.41, 5.74) is 1.21. The maximum absolute atomic E-state index is 5.88. The molecule has 0 aliphatic carbocycles. The molecule has 2 nitrogen and oxygen atoms in total. The number of rotatable bonds is 7. The minimum absolute atomic E-state index is 0.602. The number of nitrogens with one attached hydrogen (secondary N) is 1. The summed E-state index contributed by atoms with van der Waals surface area (Å²) in [6, 6.07) is 6.19. The van der Waals surface area contributed by atoms with Gasteiger partial charge in [0.05, 0.1) is 6.61 Å². The van der Waals surface area contributed by atoms with E-state index < -0.39 is 0 Å². The molecule has 0 heterocycles. The minimum atomic E-state index is 0.602. The Hall–Kier alpha value is -0.540. The van der Waals surface area contributed by atoms with E-state index in [2.05, 4.69) is 48.1 Å². The smallest absolute Gasteiger partial charge is 0.123 e. The van der Waals surface area contributed by atoms with Gasteiger partial charge in [-0.15, -0.1) is 0 Å². The summed E-state index contributed by atoms with van der Waals surface area (Å²) in [6.45, 7) is 9.12. The summed E-state index contributed by atoms with van der Waals surface area (Å²) < 4.78 is 6.98. The topological polar surface area (TPSA) is 21.3 Å². The summed E-state index contributed by atoms with van der Waals surface area (Å²) in [5.74, 6) is 1.60. The molecule has 1 unspecified atom stereocenters. The molecule has 0 radical (unpaired) electrons. The summed E-state index contributed by atoms with van der Waals surface area (Å²) in [4.78, 5) is 0. The number of halogens is 1. The lowest BCUT2D eigenvalue weighted by molar-refractivity contribution is 0.254. The fraction of sp³-hybridized carbons (Fsp3) is 0.571. The van der Waals surface area contributed by atoms with E-state index in [-0.39, 0.29) is 0 Å². The van der Waals surface area contributed by atoms with Crippen LogP contribution in [0.1, 0.15) is 32.8 Å². The van der Waals surface area contributed by atoms with Crippen LogP contribution in [0, 0.1) is 5.92 Å². The van der Waals surface area contributed by atoms with Crippen LogP contribution in [-0.2, 0) is 6.54 Å². The highest BCUT2D eigenvalue weighted by Gasteiger charge is 2.06. The lowest BCUT2D eigenvalue weighted by atomic mass is 10.1. The molecule has 1 rings (SSSR count). The normalized spacial score (nSPS) is 12.5. The molecule has 0 aliphatic heterocycles. The first-order valence-electron chi connectivity index (χ1n) is 6.29. The van der Waals surface area contributed by atoms with E-state index in [0.29, 0.717) is 5.92 Å². The monoisotopic (exact) mass is 299 g/mol. The largest absolute Gasteiger partial charge is 0.493 e. The quantitative estimate of drug-likeness (QED) is 0.822. The third-order valence-corrected chi connectivity index (χ3v) is 3.30. The van der Waals surface area contributed by atoms with E-state index in [1.54, 1.807) is 0 Å². The van der Waals surface area contributed by atoms with Crippen LogP contribution in [0.5, 0.6) is 5.75 Å². The summed E-state index contributed by atoms with van der Waals surface area (Å²) in [7, 11) is 0. The van der Waals surface area contributed by atoms with Crippen molar-refractivity contribution in [3.63, 3.8) is 0 Å². The first-order valence-corrected chi connectivity index (χ1v) is 7.08. The van der Waals surface area contributed by atoms with Crippen LogP contribution >= 0.6 is 15.9 Å². The third-order valence-electron chi connectivity index (χ3n) is 2.81. The molecule has 17 heavy (non-hydrogen) atoms. The van der Waals surface area contributed by atoms with Gasteiger partial charge in [-0.05, 0) is 30.7 Å². The van der Waals surface area contributed by atoms with Crippen molar-refractivity contribution in [1.29, 1.82) is 0 Å². The molecule has 1 aromatic rings. The van der Waals surface area contributed by atoms with Gasteiger partial charge in [-0.2, -0.15) is 0 Å². The molecule has 1 atom stereocenters. The Balaban J connectivity index is 2.68. The highest BCUT2D eigenvalue weighted by molar-refractivity contribution is 9.10. The highest BCUT2D eigenvalue weighted by Crippen LogP contribution is 2.23. The van der Waals surface area contributed by atoms with E-state index in [4.69, 9.17) is 4.74 Å². The Kier molecular flexibility index (Phi) is 6.60. The van der Waals surface area contributed by atoms with Gasteiger partial charge < -0.3 is 10.1 Å². The zero-order chi connectivity index (χ0) is 12.7. The van der Waals surface area contributed by atoms with Gasteiger partial charge in [0.1, 0.15) is 5.75 Å². The zero-order valence-electron chi connectivity index (χ0n) is 10.9. The van der Waals surface area contributed by atoms with Gasteiger partial charge in [0.25, 0.3) is 0 Å². The molecule has 0 aromatic heterocycles. The Morgan fingerprint density at radius 1 is 1.35 bits per heavy atom. The maximum Gasteiger partial charge on any atom is 0.123 e. The second-order valence-electron chi connectivity index (χ2n) is 4.36. The fourth-order valence-corrected chi connectivity index (χ4v) is 1.85. The van der Waals surface area contributed by atoms with Crippen LogP contribution < -0.4 is 10.1 Å². The van der Waals surface area contributed by atoms with Gasteiger partial charge in [0, 0.05) is 16.6 Å². The van der Waals surface area contributed by atoms with Gasteiger partial charge in [0.2, 0.25) is 0 Å². The Labute approximate surface area is 113 Å². The van der Waals surface area contributed by atoms with Gasteiger partial charge in [0.15, 0.2) is 0 Å². The summed E-state index contributed by atoms with van der Waals surface area (Å²) in [6.07, 6.45) is 1.15. The maximum atomic E-state index is 5.88. The van der Waals surface area contributed by atoms with Crippen molar-refractivity contribution in [2.24, 2.45) is 5.92 Å². The van der Waals surface area contributed by atoms with Crippen LogP contribution in [0.25, 0.3) is 0 Å². The van der Waals surface area contributed by atoms with E-state index in [0.717, 1.165) is 36.3 Å². The summed E-state index contributed by atoms with van der Waals surface area (Å²) >= 11 is 3.50. The van der Waals surface area contributed by atoms with Crippen molar-refractivity contribution in [1.82, 2.24) is 5.32 Å². The molecule has 96 valence electrons. The highest BCUT2D eigenvalue weighted by atomic mass is 79.9. The average molecular weight is 300 g/mol. The molecule has 0 spiro atoms. The first kappa shape index (κ1) is 14.5. The van der Waals surface area contributed by atoms with Crippen LogP contribution in [0.3, 0.4) is 0 Å². The SMILES string of the molecule is CCNCc1cc(Br)ccc1OCC(C)CC. The molecular formula is C14H22BrNO. The number of hydrogen-bond donors (Lipinski definition) is 1. The second-order valence-corrected chi connectivity index (χ2v) is 5.27. The average Bonchev–Trinajstić information content (AvgIpc) is 2.34.